The number of unbranched alkanes of at least 4 members (excludes halogenated alkanes) is 2. The van der Waals surface area contributed by atoms with E-state index in [0.717, 1.165) is 56.2 Å². The second-order valence-corrected chi connectivity index (χ2v) is 6.88. The maximum absolute atomic E-state index is 12.6. The molecule has 3 rings (SSSR count). The van der Waals surface area contributed by atoms with E-state index in [1.807, 2.05) is 36.1 Å². The summed E-state index contributed by atoms with van der Waals surface area (Å²) in [7, 11) is 0. The zero-order valence-corrected chi connectivity index (χ0v) is 15.2. The molecule has 1 fully saturated rings. The molecule has 5 nitrogen and oxygen atoms in total. The molecule has 0 spiro atoms. The van der Waals surface area contributed by atoms with Crippen LogP contribution < -0.4 is 0 Å². The first-order chi connectivity index (χ1) is 12.2. The largest absolute Gasteiger partial charge is 0.337 e. The van der Waals surface area contributed by atoms with Crippen molar-refractivity contribution in [1.29, 1.82) is 0 Å². The van der Waals surface area contributed by atoms with Gasteiger partial charge in [0, 0.05) is 18.5 Å². The Morgan fingerprint density at radius 1 is 1.32 bits per heavy atom. The van der Waals surface area contributed by atoms with Gasteiger partial charge in [-0.05, 0) is 38.7 Å². The molecule has 0 saturated carbocycles. The van der Waals surface area contributed by atoms with E-state index in [-0.39, 0.29) is 11.9 Å². The predicted octanol–water partition coefficient (Wildman–Crippen LogP) is 4.68. The van der Waals surface area contributed by atoms with Gasteiger partial charge in [-0.25, -0.2) is 0 Å². The van der Waals surface area contributed by atoms with Crippen molar-refractivity contribution in [3.05, 3.63) is 35.7 Å². The van der Waals surface area contributed by atoms with Crippen molar-refractivity contribution in [3.63, 3.8) is 0 Å². The lowest BCUT2D eigenvalue weighted by Gasteiger charge is -2.33. The highest BCUT2D eigenvalue weighted by Gasteiger charge is 2.31. The van der Waals surface area contributed by atoms with Crippen molar-refractivity contribution >= 4 is 5.91 Å². The molecule has 25 heavy (non-hydrogen) atoms. The second kappa shape index (κ2) is 8.28. The number of rotatable bonds is 6. The summed E-state index contributed by atoms with van der Waals surface area (Å²) in [5, 5.41) is 4.15. The maximum atomic E-state index is 12.6. The first-order valence-electron chi connectivity index (χ1n) is 9.39. The summed E-state index contributed by atoms with van der Waals surface area (Å²) in [6.07, 6.45) is 6.83. The fourth-order valence-corrected chi connectivity index (χ4v) is 3.43. The van der Waals surface area contributed by atoms with E-state index >= 15 is 0 Å². The second-order valence-electron chi connectivity index (χ2n) is 6.88. The zero-order chi connectivity index (χ0) is 17.6. The van der Waals surface area contributed by atoms with E-state index in [1.165, 1.54) is 0 Å². The summed E-state index contributed by atoms with van der Waals surface area (Å²) in [6.45, 7) is 4.99. The fraction of sp³-hybridized carbons (Fsp3) is 0.550. The van der Waals surface area contributed by atoms with E-state index in [2.05, 4.69) is 17.1 Å². The molecule has 1 atom stereocenters. The van der Waals surface area contributed by atoms with E-state index in [9.17, 15) is 4.79 Å². The molecule has 0 bridgehead atoms. The molecule has 1 aliphatic heterocycles. The monoisotopic (exact) mass is 341 g/mol. The van der Waals surface area contributed by atoms with E-state index in [0.29, 0.717) is 18.1 Å². The minimum Gasteiger partial charge on any atom is -0.337 e. The van der Waals surface area contributed by atoms with Gasteiger partial charge < -0.3 is 9.42 Å². The molecule has 0 N–H and O–H groups in total. The fourth-order valence-electron chi connectivity index (χ4n) is 3.43. The highest BCUT2D eigenvalue weighted by Crippen LogP contribution is 2.32. The highest BCUT2D eigenvalue weighted by atomic mass is 16.5. The Labute approximate surface area is 149 Å². The van der Waals surface area contributed by atoms with Crippen LogP contribution in [0.2, 0.25) is 0 Å². The molecule has 0 unspecified atom stereocenters. The molecule has 1 amide bonds. The molecule has 1 aromatic carbocycles. The smallest absolute Gasteiger partial charge is 0.249 e. The third-order valence-corrected chi connectivity index (χ3v) is 4.82. The Bertz CT molecular complexity index is 710. The first kappa shape index (κ1) is 17.6. The van der Waals surface area contributed by atoms with Crippen LogP contribution in [-0.2, 0) is 4.79 Å². The molecule has 0 aliphatic carbocycles. The van der Waals surface area contributed by atoms with Crippen LogP contribution in [0.25, 0.3) is 11.4 Å². The van der Waals surface area contributed by atoms with Crippen LogP contribution in [0.5, 0.6) is 0 Å². The Balaban J connectivity index is 1.75. The van der Waals surface area contributed by atoms with Gasteiger partial charge in [-0.3, -0.25) is 4.79 Å². The molecule has 1 saturated heterocycles. The van der Waals surface area contributed by atoms with Gasteiger partial charge in [-0.15, -0.1) is 0 Å². The third-order valence-electron chi connectivity index (χ3n) is 4.82. The van der Waals surface area contributed by atoms with Crippen molar-refractivity contribution in [2.45, 2.75) is 64.8 Å². The molecule has 0 radical (unpaired) electrons. The summed E-state index contributed by atoms with van der Waals surface area (Å²) >= 11 is 0. The molecule has 2 heterocycles. The van der Waals surface area contributed by atoms with Crippen molar-refractivity contribution in [1.82, 2.24) is 15.0 Å². The molecular weight excluding hydrogens is 314 g/mol. The summed E-state index contributed by atoms with van der Waals surface area (Å²) in [6, 6.07) is 7.99. The molecule has 2 aromatic rings. The van der Waals surface area contributed by atoms with Crippen LogP contribution in [0.1, 0.15) is 69.4 Å². The molecule has 1 aromatic heterocycles. The van der Waals surface area contributed by atoms with E-state index < -0.39 is 0 Å². The minimum atomic E-state index is -0.0751. The Hall–Kier alpha value is -2.17. The van der Waals surface area contributed by atoms with Gasteiger partial charge in [-0.1, -0.05) is 48.7 Å². The highest BCUT2D eigenvalue weighted by molar-refractivity contribution is 5.76. The van der Waals surface area contributed by atoms with Gasteiger partial charge >= 0.3 is 0 Å². The lowest BCUT2D eigenvalue weighted by atomic mass is 10.0. The normalized spacial score (nSPS) is 17.7. The summed E-state index contributed by atoms with van der Waals surface area (Å²) in [4.78, 5) is 19.2. The lowest BCUT2D eigenvalue weighted by Crippen LogP contribution is -2.38. The quantitative estimate of drug-likeness (QED) is 0.716. The number of carbonyl (C=O) groups is 1. The van der Waals surface area contributed by atoms with Gasteiger partial charge in [0.1, 0.15) is 6.04 Å². The van der Waals surface area contributed by atoms with Crippen LogP contribution in [0, 0.1) is 6.92 Å². The Morgan fingerprint density at radius 2 is 2.20 bits per heavy atom. The number of hydrogen-bond donors (Lipinski definition) is 0. The number of carbonyl (C=O) groups excluding carboxylic acids is 1. The molecule has 5 heteroatoms. The van der Waals surface area contributed by atoms with Gasteiger partial charge in [0.15, 0.2) is 0 Å². The third kappa shape index (κ3) is 4.27. The van der Waals surface area contributed by atoms with Gasteiger partial charge in [-0.2, -0.15) is 4.98 Å². The zero-order valence-electron chi connectivity index (χ0n) is 15.2. The summed E-state index contributed by atoms with van der Waals surface area (Å²) < 4.78 is 5.55. The van der Waals surface area contributed by atoms with Gasteiger partial charge in [0.2, 0.25) is 17.6 Å². The first-order valence-corrected chi connectivity index (χ1v) is 9.39. The summed E-state index contributed by atoms with van der Waals surface area (Å²) in [5.41, 5.74) is 2.11. The molecule has 1 aliphatic rings. The SMILES string of the molecule is CCCCCC(=O)N1CCCC[C@@H]1c1nc(-c2cccc(C)c2)no1. The number of hydrogen-bond acceptors (Lipinski definition) is 4. The average molecular weight is 341 g/mol. The molecule has 134 valence electrons. The van der Waals surface area contributed by atoms with Crippen molar-refractivity contribution in [2.24, 2.45) is 0 Å². The van der Waals surface area contributed by atoms with Gasteiger partial charge in [0.05, 0.1) is 0 Å². The maximum Gasteiger partial charge on any atom is 0.249 e. The van der Waals surface area contributed by atoms with Crippen LogP contribution >= 0.6 is 0 Å². The predicted molar refractivity (Wildman–Crippen MR) is 96.9 cm³/mol. The number of likely N-dealkylation sites (tertiary alicyclic amines) is 1. The Morgan fingerprint density at radius 3 is 3.00 bits per heavy atom. The number of benzene rings is 1. The van der Waals surface area contributed by atoms with Crippen LogP contribution in [0.4, 0.5) is 0 Å². The van der Waals surface area contributed by atoms with E-state index in [4.69, 9.17) is 4.52 Å². The number of aryl methyl sites for hydroxylation is 1. The summed E-state index contributed by atoms with van der Waals surface area (Å²) in [5.74, 6) is 1.39. The van der Waals surface area contributed by atoms with E-state index in [1.54, 1.807) is 0 Å². The van der Waals surface area contributed by atoms with Crippen LogP contribution in [0.15, 0.2) is 28.8 Å². The Kier molecular flexibility index (Phi) is 5.84. The van der Waals surface area contributed by atoms with Crippen LogP contribution in [-0.4, -0.2) is 27.5 Å². The van der Waals surface area contributed by atoms with Gasteiger partial charge in [0.25, 0.3) is 0 Å². The van der Waals surface area contributed by atoms with Crippen molar-refractivity contribution in [3.8, 4) is 11.4 Å². The van der Waals surface area contributed by atoms with Crippen molar-refractivity contribution < 1.29 is 9.32 Å². The van der Waals surface area contributed by atoms with Crippen LogP contribution in [0.3, 0.4) is 0 Å². The number of aromatic nitrogens is 2. The lowest BCUT2D eigenvalue weighted by molar-refractivity contribution is -0.135. The minimum absolute atomic E-state index is 0.0751. The number of nitrogens with zero attached hydrogens (tertiary/aromatic N) is 3. The number of amides is 1. The van der Waals surface area contributed by atoms with Crippen molar-refractivity contribution in [2.75, 3.05) is 6.54 Å². The molecular formula is C20H27N3O2. The topological polar surface area (TPSA) is 59.2 Å². The standard InChI is InChI=1S/C20H27N3O2/c1-3-4-5-12-18(24)23-13-7-6-11-17(23)20-21-19(22-25-20)16-10-8-9-15(2)14-16/h8-10,14,17H,3-7,11-13H2,1-2H3/t17-/m1/s1. The average Bonchev–Trinajstić information content (AvgIpc) is 3.12. The number of piperidine rings is 1.